The van der Waals surface area contributed by atoms with E-state index in [2.05, 4.69) is 41.0 Å². The molecule has 0 unspecified atom stereocenters. The van der Waals surface area contributed by atoms with E-state index < -0.39 is 0 Å². The second kappa shape index (κ2) is 5.06. The summed E-state index contributed by atoms with van der Waals surface area (Å²) >= 11 is 0. The second-order valence-electron chi connectivity index (χ2n) is 5.95. The molecule has 2 N–H and O–H groups in total. The van der Waals surface area contributed by atoms with Crippen LogP contribution < -0.4 is 10.6 Å². The van der Waals surface area contributed by atoms with E-state index in [9.17, 15) is 4.79 Å². The third-order valence-electron chi connectivity index (χ3n) is 4.74. The molecule has 0 bridgehead atoms. The van der Waals surface area contributed by atoms with Crippen LogP contribution in [0.25, 0.3) is 0 Å². The minimum atomic E-state index is -0.271. The maximum absolute atomic E-state index is 11.5. The molecule has 0 aromatic heterocycles. The molecule has 2 aliphatic rings. The van der Waals surface area contributed by atoms with Crippen LogP contribution in [0.1, 0.15) is 37.7 Å². The first-order valence-corrected chi connectivity index (χ1v) is 7.31. The maximum atomic E-state index is 11.5. The molecule has 1 heterocycles. The fourth-order valence-corrected chi connectivity index (χ4v) is 3.40. The van der Waals surface area contributed by atoms with Gasteiger partial charge in [-0.25, -0.2) is 0 Å². The van der Waals surface area contributed by atoms with Crippen molar-refractivity contribution in [2.24, 2.45) is 0 Å². The summed E-state index contributed by atoms with van der Waals surface area (Å²) in [5.74, 6) is 0. The van der Waals surface area contributed by atoms with Crippen LogP contribution in [0.5, 0.6) is 0 Å². The minimum Gasteiger partial charge on any atom is -0.317 e. The molecule has 1 saturated carbocycles. The fourth-order valence-electron chi connectivity index (χ4n) is 3.40. The molecule has 19 heavy (non-hydrogen) atoms. The van der Waals surface area contributed by atoms with Crippen LogP contribution >= 0.6 is 0 Å². The van der Waals surface area contributed by atoms with Crippen molar-refractivity contribution in [2.45, 2.75) is 43.2 Å². The average molecular weight is 258 g/mol. The van der Waals surface area contributed by atoms with E-state index in [0.29, 0.717) is 0 Å². The molecule has 1 aliphatic heterocycles. The van der Waals surface area contributed by atoms with Gasteiger partial charge in [0.15, 0.2) is 0 Å². The molecule has 1 aliphatic carbocycles. The first kappa shape index (κ1) is 12.8. The summed E-state index contributed by atoms with van der Waals surface area (Å²) in [7, 11) is 0. The number of rotatable bonds is 4. The van der Waals surface area contributed by atoms with Crippen LogP contribution in [0.2, 0.25) is 0 Å². The van der Waals surface area contributed by atoms with Crippen LogP contribution in [0.15, 0.2) is 30.3 Å². The summed E-state index contributed by atoms with van der Waals surface area (Å²) in [6.45, 7) is 2.02. The number of carbonyl (C=O) groups is 1. The molecule has 0 atom stereocenters. The Morgan fingerprint density at radius 1 is 1.05 bits per heavy atom. The monoisotopic (exact) mass is 258 g/mol. The molecule has 3 rings (SSSR count). The average Bonchev–Trinajstić information content (AvgIpc) is 2.45. The number of hydrogen-bond acceptors (Lipinski definition) is 3. The van der Waals surface area contributed by atoms with Crippen LogP contribution in [-0.2, 0) is 10.3 Å². The number of piperidine rings is 1. The lowest BCUT2D eigenvalue weighted by Crippen LogP contribution is -2.63. The van der Waals surface area contributed by atoms with E-state index in [1.807, 2.05) is 0 Å². The topological polar surface area (TPSA) is 41.1 Å². The van der Waals surface area contributed by atoms with Crippen molar-refractivity contribution in [1.82, 2.24) is 10.6 Å². The predicted molar refractivity (Wildman–Crippen MR) is 76.0 cm³/mol. The largest absolute Gasteiger partial charge is 0.317 e. The third-order valence-corrected chi connectivity index (χ3v) is 4.74. The highest BCUT2D eigenvalue weighted by atomic mass is 16.1. The van der Waals surface area contributed by atoms with Crippen molar-refractivity contribution < 1.29 is 4.79 Å². The Kier molecular flexibility index (Phi) is 3.42. The Hall–Kier alpha value is -1.19. The SMILES string of the molecule is O=CC1(NC2(c3ccccc3)CCNCC2)CCC1. The van der Waals surface area contributed by atoms with E-state index in [0.717, 1.165) is 51.5 Å². The Balaban J connectivity index is 1.90. The van der Waals surface area contributed by atoms with E-state index in [-0.39, 0.29) is 11.1 Å². The predicted octanol–water partition coefficient (Wildman–Crippen LogP) is 1.98. The third kappa shape index (κ3) is 2.33. The van der Waals surface area contributed by atoms with E-state index in [1.165, 1.54) is 5.56 Å². The first-order chi connectivity index (χ1) is 9.29. The Labute approximate surface area is 114 Å². The van der Waals surface area contributed by atoms with Crippen LogP contribution in [0.4, 0.5) is 0 Å². The summed E-state index contributed by atoms with van der Waals surface area (Å²) in [6, 6.07) is 10.6. The maximum Gasteiger partial charge on any atom is 0.140 e. The quantitative estimate of drug-likeness (QED) is 0.811. The van der Waals surface area contributed by atoms with Gasteiger partial charge in [-0.15, -0.1) is 0 Å². The molecule has 0 amide bonds. The lowest BCUT2D eigenvalue weighted by Gasteiger charge is -2.49. The van der Waals surface area contributed by atoms with Gasteiger partial charge in [-0.2, -0.15) is 0 Å². The standard InChI is InChI=1S/C16H22N2O/c19-13-15(7-4-8-15)18-16(9-11-17-12-10-16)14-5-2-1-3-6-14/h1-3,5-6,13,17-18H,4,7-12H2. The van der Waals surface area contributed by atoms with Gasteiger partial charge < -0.3 is 10.1 Å². The van der Waals surface area contributed by atoms with Crippen molar-refractivity contribution in [3.8, 4) is 0 Å². The summed E-state index contributed by atoms with van der Waals surface area (Å²) < 4.78 is 0. The summed E-state index contributed by atoms with van der Waals surface area (Å²) in [5.41, 5.74) is 1.02. The van der Waals surface area contributed by atoms with Crippen molar-refractivity contribution in [3.05, 3.63) is 35.9 Å². The fraction of sp³-hybridized carbons (Fsp3) is 0.562. The van der Waals surface area contributed by atoms with Gasteiger partial charge in [-0.3, -0.25) is 5.32 Å². The molecular formula is C16H22N2O. The molecule has 3 nitrogen and oxygen atoms in total. The molecular weight excluding hydrogens is 236 g/mol. The number of aldehydes is 1. The lowest BCUT2D eigenvalue weighted by molar-refractivity contribution is -0.118. The molecule has 1 aromatic carbocycles. The van der Waals surface area contributed by atoms with Gasteiger partial charge in [0.05, 0.1) is 5.54 Å². The first-order valence-electron chi connectivity index (χ1n) is 7.31. The normalized spacial score (nSPS) is 24.4. The van der Waals surface area contributed by atoms with Gasteiger partial charge in [-0.1, -0.05) is 30.3 Å². The number of nitrogens with one attached hydrogen (secondary N) is 2. The minimum absolute atomic E-state index is 0.0339. The summed E-state index contributed by atoms with van der Waals surface area (Å²) in [5, 5.41) is 7.16. The zero-order valence-corrected chi connectivity index (χ0v) is 11.3. The number of hydrogen-bond donors (Lipinski definition) is 2. The number of carbonyl (C=O) groups excluding carboxylic acids is 1. The summed E-state index contributed by atoms with van der Waals surface area (Å²) in [4.78, 5) is 11.5. The van der Waals surface area contributed by atoms with E-state index in [4.69, 9.17) is 0 Å². The highest BCUT2D eigenvalue weighted by molar-refractivity contribution is 5.66. The molecule has 2 fully saturated rings. The Bertz CT molecular complexity index is 433. The zero-order chi connectivity index (χ0) is 13.2. The van der Waals surface area contributed by atoms with Crippen LogP contribution in [0.3, 0.4) is 0 Å². The van der Waals surface area contributed by atoms with Crippen molar-refractivity contribution in [3.63, 3.8) is 0 Å². The van der Waals surface area contributed by atoms with E-state index >= 15 is 0 Å². The van der Waals surface area contributed by atoms with Gasteiger partial charge in [0.25, 0.3) is 0 Å². The van der Waals surface area contributed by atoms with Gasteiger partial charge in [-0.05, 0) is 50.8 Å². The van der Waals surface area contributed by atoms with Crippen LogP contribution in [-0.4, -0.2) is 24.9 Å². The molecule has 1 saturated heterocycles. The molecule has 0 radical (unpaired) electrons. The zero-order valence-electron chi connectivity index (χ0n) is 11.3. The smallest absolute Gasteiger partial charge is 0.140 e. The van der Waals surface area contributed by atoms with Gasteiger partial charge in [0, 0.05) is 5.54 Å². The second-order valence-corrected chi connectivity index (χ2v) is 5.95. The Morgan fingerprint density at radius 2 is 1.74 bits per heavy atom. The highest BCUT2D eigenvalue weighted by Gasteiger charge is 2.45. The molecule has 0 spiro atoms. The highest BCUT2D eigenvalue weighted by Crippen LogP contribution is 2.38. The van der Waals surface area contributed by atoms with Crippen molar-refractivity contribution in [1.29, 1.82) is 0 Å². The van der Waals surface area contributed by atoms with Gasteiger partial charge >= 0.3 is 0 Å². The Morgan fingerprint density at radius 3 is 2.26 bits per heavy atom. The molecule has 3 heteroatoms. The molecule has 1 aromatic rings. The van der Waals surface area contributed by atoms with Crippen molar-refractivity contribution in [2.75, 3.05) is 13.1 Å². The molecule has 102 valence electrons. The van der Waals surface area contributed by atoms with E-state index in [1.54, 1.807) is 0 Å². The van der Waals surface area contributed by atoms with Crippen LogP contribution in [0, 0.1) is 0 Å². The van der Waals surface area contributed by atoms with Gasteiger partial charge in [0.1, 0.15) is 6.29 Å². The van der Waals surface area contributed by atoms with Gasteiger partial charge in [0.2, 0.25) is 0 Å². The lowest BCUT2D eigenvalue weighted by atomic mass is 9.72. The summed E-state index contributed by atoms with van der Waals surface area (Å²) in [6.07, 6.45) is 6.37. The van der Waals surface area contributed by atoms with Crippen molar-refractivity contribution >= 4 is 6.29 Å². The number of benzene rings is 1.